The lowest BCUT2D eigenvalue weighted by Crippen LogP contribution is -2.46. The lowest BCUT2D eigenvalue weighted by atomic mass is 9.79. The zero-order chi connectivity index (χ0) is 16.9. The van der Waals surface area contributed by atoms with Crippen molar-refractivity contribution < 1.29 is 14.3 Å². The summed E-state index contributed by atoms with van der Waals surface area (Å²) in [7, 11) is 0. The van der Waals surface area contributed by atoms with Gasteiger partial charge in [-0.15, -0.1) is 12.4 Å². The van der Waals surface area contributed by atoms with Gasteiger partial charge in [0.25, 0.3) is 0 Å². The lowest BCUT2D eigenvalue weighted by molar-refractivity contribution is -0.130. The Bertz CT molecular complexity index is 572. The van der Waals surface area contributed by atoms with E-state index in [1.54, 1.807) is 24.3 Å². The number of carbonyl (C=O) groups is 2. The van der Waals surface area contributed by atoms with Crippen LogP contribution in [0.2, 0.25) is 0 Å². The third kappa shape index (κ3) is 4.93. The molecule has 6 nitrogen and oxygen atoms in total. The molecule has 0 aliphatic carbocycles. The molecule has 4 N–H and O–H groups in total. The molecule has 1 aliphatic rings. The Hall–Kier alpha value is -1.63. The maximum absolute atomic E-state index is 12.6. The summed E-state index contributed by atoms with van der Waals surface area (Å²) in [5.41, 5.74) is 6.59. The zero-order valence-electron chi connectivity index (χ0n) is 14.1. The van der Waals surface area contributed by atoms with Gasteiger partial charge in [0.2, 0.25) is 11.8 Å². The van der Waals surface area contributed by atoms with Crippen LogP contribution in [0, 0.1) is 11.3 Å². The van der Waals surface area contributed by atoms with Crippen LogP contribution in [0.3, 0.4) is 0 Å². The number of nitrogens with one attached hydrogen (secondary N) is 2. The van der Waals surface area contributed by atoms with Gasteiger partial charge in [0.1, 0.15) is 0 Å². The van der Waals surface area contributed by atoms with Crippen LogP contribution in [0.5, 0.6) is 0 Å². The molecule has 1 aromatic rings. The van der Waals surface area contributed by atoms with E-state index < -0.39 is 5.41 Å². The number of amides is 2. The molecular formula is C17H26ClN3O3. The Balaban J connectivity index is 0.00000288. The van der Waals surface area contributed by atoms with E-state index in [0.717, 1.165) is 0 Å². The average Bonchev–Trinajstić information content (AvgIpc) is 2.55. The van der Waals surface area contributed by atoms with Gasteiger partial charge in [-0.2, -0.15) is 0 Å². The average molecular weight is 356 g/mol. The number of anilines is 2. The van der Waals surface area contributed by atoms with Crippen molar-refractivity contribution in [3.63, 3.8) is 0 Å². The molecular weight excluding hydrogens is 330 g/mol. The molecule has 1 heterocycles. The van der Waals surface area contributed by atoms with E-state index in [0.29, 0.717) is 44.0 Å². The number of benzene rings is 1. The molecule has 0 spiro atoms. The maximum atomic E-state index is 12.6. The first-order valence-corrected chi connectivity index (χ1v) is 7.97. The van der Waals surface area contributed by atoms with Crippen LogP contribution >= 0.6 is 12.4 Å². The van der Waals surface area contributed by atoms with E-state index >= 15 is 0 Å². The third-order valence-electron chi connectivity index (χ3n) is 4.23. The highest BCUT2D eigenvalue weighted by atomic mass is 35.5. The molecule has 2 rings (SSSR count). The van der Waals surface area contributed by atoms with Crippen molar-refractivity contribution in [1.82, 2.24) is 0 Å². The predicted molar refractivity (Wildman–Crippen MR) is 97.3 cm³/mol. The minimum atomic E-state index is -0.574. The molecule has 24 heavy (non-hydrogen) atoms. The minimum absolute atomic E-state index is 0. The van der Waals surface area contributed by atoms with E-state index in [9.17, 15) is 9.59 Å². The number of carbonyl (C=O) groups excluding carboxylic acids is 2. The Morgan fingerprint density at radius 2 is 1.79 bits per heavy atom. The molecule has 1 saturated heterocycles. The number of hydrogen-bond acceptors (Lipinski definition) is 4. The van der Waals surface area contributed by atoms with Crippen LogP contribution in [0.4, 0.5) is 11.4 Å². The highest BCUT2D eigenvalue weighted by Gasteiger charge is 2.38. The van der Waals surface area contributed by atoms with Gasteiger partial charge >= 0.3 is 0 Å². The maximum Gasteiger partial charge on any atom is 0.232 e. The second-order valence-electron chi connectivity index (χ2n) is 6.28. The fourth-order valence-electron chi connectivity index (χ4n) is 2.51. The summed E-state index contributed by atoms with van der Waals surface area (Å²) >= 11 is 0. The fraction of sp³-hybridized carbons (Fsp3) is 0.529. The summed E-state index contributed by atoms with van der Waals surface area (Å²) in [6.07, 6.45) is 1.25. The van der Waals surface area contributed by atoms with Gasteiger partial charge in [-0.25, -0.2) is 0 Å². The summed E-state index contributed by atoms with van der Waals surface area (Å²) in [5.74, 6) is -0.247. The Kier molecular flexibility index (Phi) is 7.66. The monoisotopic (exact) mass is 355 g/mol. The first kappa shape index (κ1) is 20.4. The van der Waals surface area contributed by atoms with Gasteiger partial charge in [0.15, 0.2) is 0 Å². The molecule has 1 aromatic carbocycles. The highest BCUT2D eigenvalue weighted by molar-refractivity contribution is 5.97. The topological polar surface area (TPSA) is 93.5 Å². The van der Waals surface area contributed by atoms with E-state index in [-0.39, 0.29) is 30.1 Å². The van der Waals surface area contributed by atoms with Crippen LogP contribution in [0.1, 0.15) is 26.7 Å². The number of rotatable bonds is 5. The second kappa shape index (κ2) is 9.01. The first-order chi connectivity index (χ1) is 11.0. The minimum Gasteiger partial charge on any atom is -0.381 e. The molecule has 0 unspecified atom stereocenters. The zero-order valence-corrected chi connectivity index (χ0v) is 14.9. The number of hydrogen-bond donors (Lipinski definition) is 3. The van der Waals surface area contributed by atoms with Crippen molar-refractivity contribution in [3.8, 4) is 0 Å². The lowest BCUT2D eigenvalue weighted by Gasteiger charge is -2.34. The van der Waals surface area contributed by atoms with Gasteiger partial charge in [-0.3, -0.25) is 9.59 Å². The number of ether oxygens (including phenoxy) is 1. The summed E-state index contributed by atoms with van der Waals surface area (Å²) in [5, 5.41) is 5.74. The van der Waals surface area contributed by atoms with Crippen LogP contribution in [-0.4, -0.2) is 31.6 Å². The normalized spacial score (nSPS) is 16.2. The van der Waals surface area contributed by atoms with Crippen molar-refractivity contribution in [3.05, 3.63) is 24.3 Å². The standard InChI is InChI=1S/C17H25N3O3.ClH/c1-12(2)15(21)19-13-4-3-5-14(10-13)20-16(22)17(11-18)6-8-23-9-7-17;/h3-5,10,12H,6-9,11,18H2,1-2H3,(H,19,21)(H,20,22);1H. The van der Waals surface area contributed by atoms with E-state index in [1.165, 1.54) is 0 Å². The largest absolute Gasteiger partial charge is 0.381 e. The molecule has 1 fully saturated rings. The fourth-order valence-corrected chi connectivity index (χ4v) is 2.51. The van der Waals surface area contributed by atoms with Crippen LogP contribution in [-0.2, 0) is 14.3 Å². The van der Waals surface area contributed by atoms with Crippen molar-refractivity contribution in [2.75, 3.05) is 30.4 Å². The van der Waals surface area contributed by atoms with Crippen molar-refractivity contribution in [2.45, 2.75) is 26.7 Å². The van der Waals surface area contributed by atoms with Crippen molar-refractivity contribution >= 4 is 35.6 Å². The summed E-state index contributed by atoms with van der Waals surface area (Å²) in [6, 6.07) is 7.14. The quantitative estimate of drug-likeness (QED) is 0.756. The molecule has 0 bridgehead atoms. The number of nitrogens with two attached hydrogens (primary N) is 1. The Morgan fingerprint density at radius 1 is 1.21 bits per heavy atom. The highest BCUT2D eigenvalue weighted by Crippen LogP contribution is 2.31. The van der Waals surface area contributed by atoms with Crippen LogP contribution in [0.15, 0.2) is 24.3 Å². The summed E-state index contributed by atoms with van der Waals surface area (Å²) in [4.78, 5) is 24.4. The van der Waals surface area contributed by atoms with E-state index in [1.807, 2.05) is 13.8 Å². The molecule has 0 atom stereocenters. The second-order valence-corrected chi connectivity index (χ2v) is 6.28. The summed E-state index contributed by atoms with van der Waals surface area (Å²) in [6.45, 7) is 5.06. The van der Waals surface area contributed by atoms with Gasteiger partial charge in [-0.05, 0) is 31.0 Å². The van der Waals surface area contributed by atoms with Gasteiger partial charge in [0, 0.05) is 37.1 Å². The smallest absolute Gasteiger partial charge is 0.232 e. The molecule has 0 saturated carbocycles. The Morgan fingerprint density at radius 3 is 2.33 bits per heavy atom. The molecule has 134 valence electrons. The van der Waals surface area contributed by atoms with Crippen molar-refractivity contribution in [1.29, 1.82) is 0 Å². The summed E-state index contributed by atoms with van der Waals surface area (Å²) < 4.78 is 5.33. The van der Waals surface area contributed by atoms with E-state index in [4.69, 9.17) is 10.5 Å². The van der Waals surface area contributed by atoms with Crippen LogP contribution < -0.4 is 16.4 Å². The van der Waals surface area contributed by atoms with Gasteiger partial charge in [-0.1, -0.05) is 19.9 Å². The molecule has 2 amide bonds. The molecule has 1 aliphatic heterocycles. The number of halogens is 1. The van der Waals surface area contributed by atoms with Gasteiger partial charge < -0.3 is 21.1 Å². The first-order valence-electron chi connectivity index (χ1n) is 7.97. The Labute approximate surface area is 148 Å². The predicted octanol–water partition coefficient (Wildman–Crippen LogP) is 2.40. The third-order valence-corrected chi connectivity index (χ3v) is 4.23. The molecule has 0 aromatic heterocycles. The SMILES string of the molecule is CC(C)C(=O)Nc1cccc(NC(=O)C2(CN)CCOCC2)c1.Cl. The van der Waals surface area contributed by atoms with Crippen molar-refractivity contribution in [2.24, 2.45) is 17.1 Å². The molecule has 0 radical (unpaired) electrons. The van der Waals surface area contributed by atoms with E-state index in [2.05, 4.69) is 10.6 Å². The van der Waals surface area contributed by atoms with Crippen LogP contribution in [0.25, 0.3) is 0 Å². The molecule has 7 heteroatoms. The van der Waals surface area contributed by atoms with Gasteiger partial charge in [0.05, 0.1) is 5.41 Å².